The first-order chi connectivity index (χ1) is 5.97. The molecule has 1 nitrogen and oxygen atoms in total. The molecule has 3 heteroatoms. The molecule has 1 rings (SSSR count). The highest BCUT2D eigenvalue weighted by molar-refractivity contribution is 7.81. The van der Waals surface area contributed by atoms with E-state index in [1.54, 1.807) is 0 Å². The molecule has 0 aliphatic heterocycles. The average Bonchev–Trinajstić information content (AvgIpc) is 2.03. The summed E-state index contributed by atoms with van der Waals surface area (Å²) >= 11 is 4.63. The summed E-state index contributed by atoms with van der Waals surface area (Å²) in [4.78, 5) is 0. The lowest BCUT2D eigenvalue weighted by Crippen LogP contribution is -2.40. The maximum atomic E-state index is 5.39. The fourth-order valence-corrected chi connectivity index (χ4v) is 2.73. The van der Waals surface area contributed by atoms with Crippen LogP contribution in [0, 0.1) is 5.92 Å². The Bertz CT molecular complexity index is 203. The van der Waals surface area contributed by atoms with Crippen molar-refractivity contribution in [3.05, 3.63) is 12.2 Å². The second-order valence-electron chi connectivity index (χ2n) is 4.30. The van der Waals surface area contributed by atoms with Crippen molar-refractivity contribution in [2.45, 2.75) is 44.0 Å². The van der Waals surface area contributed by atoms with E-state index in [-0.39, 0.29) is 10.9 Å². The van der Waals surface area contributed by atoms with Crippen LogP contribution in [0.15, 0.2) is 12.2 Å². The van der Waals surface area contributed by atoms with Gasteiger partial charge in [0.05, 0.1) is 6.10 Å². The van der Waals surface area contributed by atoms with Gasteiger partial charge in [-0.3, -0.25) is 0 Å². The number of hydrogen-bond donors (Lipinski definition) is 1. The Hall–Kier alpha value is 0.480. The summed E-state index contributed by atoms with van der Waals surface area (Å²) in [5, 5.41) is 0. The Morgan fingerprint density at radius 2 is 2.31 bits per heavy atom. The minimum Gasteiger partial charge on any atom is -0.361 e. The molecule has 0 saturated heterocycles. The van der Waals surface area contributed by atoms with Crippen molar-refractivity contribution in [2.75, 3.05) is 0 Å². The molecule has 4 atom stereocenters. The molecule has 1 aliphatic carbocycles. The van der Waals surface area contributed by atoms with Gasteiger partial charge in [0.1, 0.15) is 0 Å². The summed E-state index contributed by atoms with van der Waals surface area (Å²) in [6, 6.07) is 0. The van der Waals surface area contributed by atoms with E-state index in [4.69, 9.17) is 4.52 Å². The van der Waals surface area contributed by atoms with Gasteiger partial charge >= 0.3 is 0 Å². The van der Waals surface area contributed by atoms with Crippen LogP contribution >= 0.6 is 22.1 Å². The Kier molecular flexibility index (Phi) is 3.85. The Labute approximate surface area is 89.0 Å². The molecule has 0 amide bonds. The standard InChI is InChI=1S/C10H19OPS/c1-7(2)8-4-5-10(3,13)9(6-8)11-12/h8-9,13H,1,4-6,12H2,2-3H3/t8-,9+,10+/m0/s1. The largest absolute Gasteiger partial charge is 0.361 e. The van der Waals surface area contributed by atoms with Gasteiger partial charge in [0.2, 0.25) is 0 Å². The van der Waals surface area contributed by atoms with Crippen LogP contribution in [0.4, 0.5) is 0 Å². The zero-order valence-corrected chi connectivity index (χ0v) is 10.5. The molecular weight excluding hydrogens is 199 g/mol. The SMILES string of the molecule is C=C(C)[C@H]1CC[C@@](C)(S)[C@H](OP)C1. The minimum atomic E-state index is 0.0215. The Morgan fingerprint density at radius 3 is 2.77 bits per heavy atom. The molecule has 1 fully saturated rings. The van der Waals surface area contributed by atoms with Crippen LogP contribution in [0.3, 0.4) is 0 Å². The van der Waals surface area contributed by atoms with Gasteiger partial charge in [-0.25, -0.2) is 0 Å². The van der Waals surface area contributed by atoms with Crippen LogP contribution in [0.2, 0.25) is 0 Å². The molecule has 0 spiro atoms. The highest BCUT2D eigenvalue weighted by Gasteiger charge is 2.37. The predicted molar refractivity (Wildman–Crippen MR) is 64.1 cm³/mol. The van der Waals surface area contributed by atoms with E-state index in [9.17, 15) is 0 Å². The second kappa shape index (κ2) is 4.33. The highest BCUT2D eigenvalue weighted by Crippen LogP contribution is 2.41. The summed E-state index contributed by atoms with van der Waals surface area (Å²) < 4.78 is 5.41. The number of hydrogen-bond acceptors (Lipinski definition) is 2. The van der Waals surface area contributed by atoms with Crippen LogP contribution in [0.5, 0.6) is 0 Å². The van der Waals surface area contributed by atoms with Crippen molar-refractivity contribution in [3.63, 3.8) is 0 Å². The first kappa shape index (κ1) is 11.6. The third-order valence-electron chi connectivity index (χ3n) is 3.05. The summed E-state index contributed by atoms with van der Waals surface area (Å²) in [6.07, 6.45) is 3.59. The van der Waals surface area contributed by atoms with Crippen LogP contribution < -0.4 is 0 Å². The fraction of sp³-hybridized carbons (Fsp3) is 0.800. The van der Waals surface area contributed by atoms with Crippen LogP contribution in [-0.4, -0.2) is 10.9 Å². The maximum absolute atomic E-state index is 5.39. The molecule has 1 saturated carbocycles. The van der Waals surface area contributed by atoms with Crippen molar-refractivity contribution in [1.82, 2.24) is 0 Å². The zero-order chi connectivity index (χ0) is 10.1. The van der Waals surface area contributed by atoms with E-state index in [2.05, 4.69) is 42.5 Å². The maximum Gasteiger partial charge on any atom is 0.0757 e. The van der Waals surface area contributed by atoms with Gasteiger partial charge in [-0.05, 0) is 39.0 Å². The van der Waals surface area contributed by atoms with Gasteiger partial charge < -0.3 is 4.52 Å². The van der Waals surface area contributed by atoms with Gasteiger partial charge in [-0.1, -0.05) is 12.2 Å². The smallest absolute Gasteiger partial charge is 0.0757 e. The zero-order valence-electron chi connectivity index (χ0n) is 8.42. The summed E-state index contributed by atoms with van der Waals surface area (Å²) in [5.41, 5.74) is 1.27. The van der Waals surface area contributed by atoms with E-state index < -0.39 is 0 Å². The lowest BCUT2D eigenvalue weighted by molar-refractivity contribution is 0.124. The normalized spacial score (nSPS) is 40.3. The van der Waals surface area contributed by atoms with E-state index in [1.807, 2.05) is 0 Å². The van der Waals surface area contributed by atoms with Crippen molar-refractivity contribution in [1.29, 1.82) is 0 Å². The lowest BCUT2D eigenvalue weighted by Gasteiger charge is -2.40. The molecule has 0 bridgehead atoms. The topological polar surface area (TPSA) is 9.23 Å². The second-order valence-corrected chi connectivity index (χ2v) is 5.59. The van der Waals surface area contributed by atoms with Crippen LogP contribution in [0.25, 0.3) is 0 Å². The molecule has 1 unspecified atom stereocenters. The van der Waals surface area contributed by atoms with E-state index >= 15 is 0 Å². The summed E-state index contributed by atoms with van der Waals surface area (Å²) in [6.45, 7) is 8.26. The molecule has 76 valence electrons. The van der Waals surface area contributed by atoms with Crippen molar-refractivity contribution < 1.29 is 4.52 Å². The lowest BCUT2D eigenvalue weighted by atomic mass is 9.77. The molecule has 0 aromatic heterocycles. The molecule has 1 aliphatic rings. The van der Waals surface area contributed by atoms with Gasteiger partial charge in [0.25, 0.3) is 0 Å². The van der Waals surface area contributed by atoms with E-state index in [1.165, 1.54) is 12.0 Å². The molecular formula is C10H19OPS. The van der Waals surface area contributed by atoms with Gasteiger partial charge in [-0.2, -0.15) is 12.6 Å². The molecule has 0 aromatic carbocycles. The molecule has 13 heavy (non-hydrogen) atoms. The van der Waals surface area contributed by atoms with Crippen molar-refractivity contribution in [3.8, 4) is 0 Å². The highest BCUT2D eigenvalue weighted by atomic mass is 32.1. The fourth-order valence-electron chi connectivity index (χ4n) is 1.91. The van der Waals surface area contributed by atoms with Gasteiger partial charge in [0.15, 0.2) is 0 Å². The van der Waals surface area contributed by atoms with E-state index in [0.29, 0.717) is 5.92 Å². The number of rotatable bonds is 2. The molecule has 0 radical (unpaired) electrons. The monoisotopic (exact) mass is 218 g/mol. The number of allylic oxidation sites excluding steroid dienone is 1. The van der Waals surface area contributed by atoms with Gasteiger partial charge in [-0.15, -0.1) is 0 Å². The summed E-state index contributed by atoms with van der Waals surface area (Å²) in [5.74, 6) is 0.616. The van der Waals surface area contributed by atoms with E-state index in [0.717, 1.165) is 12.8 Å². The summed E-state index contributed by atoms with van der Waals surface area (Å²) in [7, 11) is 2.36. The Morgan fingerprint density at radius 1 is 1.69 bits per heavy atom. The third-order valence-corrected chi connectivity index (χ3v) is 3.89. The van der Waals surface area contributed by atoms with Gasteiger partial charge in [0, 0.05) is 14.2 Å². The molecule has 0 heterocycles. The van der Waals surface area contributed by atoms with Crippen LogP contribution in [0.1, 0.15) is 33.1 Å². The molecule has 0 aromatic rings. The first-order valence-corrected chi connectivity index (χ1v) is 5.62. The third kappa shape index (κ3) is 2.71. The Balaban J connectivity index is 2.63. The predicted octanol–water partition coefficient (Wildman–Crippen LogP) is 3.23. The number of thiol groups is 1. The average molecular weight is 218 g/mol. The van der Waals surface area contributed by atoms with Crippen molar-refractivity contribution >= 4 is 22.1 Å². The minimum absolute atomic E-state index is 0.0215. The van der Waals surface area contributed by atoms with Crippen molar-refractivity contribution in [2.24, 2.45) is 5.92 Å². The quantitative estimate of drug-likeness (QED) is 0.425. The van der Waals surface area contributed by atoms with Crippen LogP contribution in [-0.2, 0) is 4.52 Å². The first-order valence-electron chi connectivity index (χ1n) is 4.70. The molecule has 0 N–H and O–H groups in total.